The molecule has 0 radical (unpaired) electrons. The fraction of sp³-hybridized carbons (Fsp3) is 0.231. The first kappa shape index (κ1) is 33.4. The topological polar surface area (TPSA) is 101 Å². The van der Waals surface area contributed by atoms with Crippen molar-refractivity contribution >= 4 is 35.0 Å². The lowest BCUT2D eigenvalue weighted by atomic mass is 9.93. The molecule has 0 saturated carbocycles. The molecule has 9 nitrogen and oxygen atoms in total. The highest BCUT2D eigenvalue weighted by molar-refractivity contribution is 7.07. The average molecular weight is 676 g/mol. The van der Waals surface area contributed by atoms with Gasteiger partial charge in [0.05, 0.1) is 47.7 Å². The van der Waals surface area contributed by atoms with Gasteiger partial charge in [0.1, 0.15) is 5.75 Å². The number of aryl methyl sites for hydroxylation is 1. The first-order valence-electron chi connectivity index (χ1n) is 16.1. The number of fused-ring (bicyclic) bond motifs is 1. The summed E-state index contributed by atoms with van der Waals surface area (Å²) in [6, 6.07) is 23.7. The molecule has 0 aliphatic carbocycles. The maximum Gasteiger partial charge on any atom is 0.338 e. The van der Waals surface area contributed by atoms with Crippen molar-refractivity contribution in [1.82, 2.24) is 9.13 Å². The Hall–Kier alpha value is -5.48. The molecule has 1 aliphatic heterocycles. The first-order chi connectivity index (χ1) is 23.7. The molecule has 10 heteroatoms. The molecule has 3 heterocycles. The Bertz CT molecular complexity index is 2280. The lowest BCUT2D eigenvalue weighted by Crippen LogP contribution is -2.40. The van der Waals surface area contributed by atoms with Crippen LogP contribution in [0.2, 0.25) is 0 Å². The van der Waals surface area contributed by atoms with Crippen molar-refractivity contribution in [3.8, 4) is 11.4 Å². The fourth-order valence-electron chi connectivity index (χ4n) is 6.31. The summed E-state index contributed by atoms with van der Waals surface area (Å²) in [5.41, 5.74) is 6.75. The van der Waals surface area contributed by atoms with E-state index in [0.29, 0.717) is 33.0 Å². The summed E-state index contributed by atoms with van der Waals surface area (Å²) in [6.45, 7) is 10.2. The first-order valence-corrected chi connectivity index (χ1v) is 16.9. The quantitative estimate of drug-likeness (QED) is 0.182. The van der Waals surface area contributed by atoms with Crippen molar-refractivity contribution in [3.63, 3.8) is 0 Å². The number of benzene rings is 3. The summed E-state index contributed by atoms with van der Waals surface area (Å²) in [5, 5.41) is 0. The summed E-state index contributed by atoms with van der Waals surface area (Å²) < 4.78 is 20.4. The van der Waals surface area contributed by atoms with Crippen LogP contribution < -0.4 is 19.6 Å². The number of rotatable bonds is 9. The highest BCUT2D eigenvalue weighted by atomic mass is 32.1. The van der Waals surface area contributed by atoms with E-state index in [0.717, 1.165) is 39.3 Å². The van der Waals surface area contributed by atoms with E-state index < -0.39 is 18.0 Å². The van der Waals surface area contributed by atoms with Gasteiger partial charge >= 0.3 is 11.9 Å². The van der Waals surface area contributed by atoms with E-state index in [-0.39, 0.29) is 17.7 Å². The molecule has 0 N–H and O–H groups in total. The van der Waals surface area contributed by atoms with Crippen LogP contribution in [0.3, 0.4) is 0 Å². The zero-order valence-electron chi connectivity index (χ0n) is 28.3. The number of carbonyl (C=O) groups excluding carboxylic acids is 2. The van der Waals surface area contributed by atoms with E-state index >= 15 is 0 Å². The molecule has 0 spiro atoms. The standard InChI is InChI=1S/C39H37N3O6S/c1-7-47-29-19-17-27(18-20-29)35-33(38(45)48-8-2)34(26-13-10-9-11-14-26)40-39-42(35)36(43)32(49-39)22-28-21-23(3)41(25(28)5)31-16-12-15-30(24(31)4)37(44)46-6/h9-22,35H,7-8H2,1-6H3/b32-22-/t35-/m1/s1. The third-order valence-corrected chi connectivity index (χ3v) is 9.57. The molecule has 0 bridgehead atoms. The van der Waals surface area contributed by atoms with Gasteiger partial charge in [-0.05, 0) is 87.7 Å². The largest absolute Gasteiger partial charge is 0.494 e. The number of esters is 2. The van der Waals surface area contributed by atoms with Gasteiger partial charge in [-0.3, -0.25) is 9.36 Å². The fourth-order valence-corrected chi connectivity index (χ4v) is 7.30. The molecule has 0 saturated heterocycles. The van der Waals surface area contributed by atoms with Crippen LogP contribution in [-0.2, 0) is 14.3 Å². The zero-order chi connectivity index (χ0) is 34.8. The van der Waals surface area contributed by atoms with Crippen LogP contribution in [0.4, 0.5) is 0 Å². The van der Waals surface area contributed by atoms with Crippen molar-refractivity contribution in [3.05, 3.63) is 143 Å². The van der Waals surface area contributed by atoms with Crippen LogP contribution in [0, 0.1) is 20.8 Å². The van der Waals surface area contributed by atoms with Gasteiger partial charge in [-0.25, -0.2) is 14.6 Å². The minimum atomic E-state index is -0.792. The molecule has 1 aliphatic rings. The van der Waals surface area contributed by atoms with Gasteiger partial charge in [-0.1, -0.05) is 59.9 Å². The van der Waals surface area contributed by atoms with Gasteiger partial charge in [-0.15, -0.1) is 0 Å². The number of hydrogen-bond acceptors (Lipinski definition) is 8. The van der Waals surface area contributed by atoms with E-state index in [2.05, 4.69) is 4.57 Å². The zero-order valence-corrected chi connectivity index (χ0v) is 29.1. The van der Waals surface area contributed by atoms with Gasteiger partial charge in [0, 0.05) is 22.6 Å². The number of methoxy groups -OCH3 is 1. The maximum absolute atomic E-state index is 14.4. The number of aromatic nitrogens is 2. The van der Waals surface area contributed by atoms with E-state index in [1.165, 1.54) is 18.4 Å². The number of hydrogen-bond donors (Lipinski definition) is 0. The third-order valence-electron chi connectivity index (χ3n) is 8.59. The summed E-state index contributed by atoms with van der Waals surface area (Å²) >= 11 is 1.27. The Kier molecular flexibility index (Phi) is 9.51. The molecule has 2 aromatic heterocycles. The molecule has 3 aromatic carbocycles. The smallest absolute Gasteiger partial charge is 0.338 e. The van der Waals surface area contributed by atoms with Crippen LogP contribution in [0.25, 0.3) is 17.5 Å². The number of ether oxygens (including phenoxy) is 3. The number of carbonyl (C=O) groups is 2. The molecule has 0 amide bonds. The Morgan fingerprint density at radius 1 is 0.918 bits per heavy atom. The van der Waals surface area contributed by atoms with Crippen LogP contribution in [0.5, 0.6) is 5.75 Å². The normalized spacial score (nSPS) is 14.3. The summed E-state index contributed by atoms with van der Waals surface area (Å²) in [6.07, 6.45) is 1.87. The molecule has 0 fully saturated rings. The number of nitrogens with zero attached hydrogens (tertiary/aromatic N) is 3. The average Bonchev–Trinajstić information content (AvgIpc) is 3.57. The molecular formula is C39H37N3O6S. The predicted octanol–water partition coefficient (Wildman–Crippen LogP) is 5.84. The molecule has 49 heavy (non-hydrogen) atoms. The van der Waals surface area contributed by atoms with E-state index in [1.807, 2.05) is 107 Å². The highest BCUT2D eigenvalue weighted by Gasteiger charge is 2.35. The van der Waals surface area contributed by atoms with Gasteiger partial charge in [0.15, 0.2) is 4.80 Å². The van der Waals surface area contributed by atoms with Crippen molar-refractivity contribution in [2.24, 2.45) is 4.99 Å². The summed E-state index contributed by atoms with van der Waals surface area (Å²) in [7, 11) is 1.37. The SMILES string of the molecule is CCOC(=O)C1=C(c2ccccc2)N=c2s/c(=C\c3cc(C)n(-c4cccc(C(=O)OC)c4C)c3C)c(=O)n2[C@@H]1c1ccc(OCC)cc1. The van der Waals surface area contributed by atoms with E-state index in [4.69, 9.17) is 19.2 Å². The van der Waals surface area contributed by atoms with Crippen LogP contribution in [0.15, 0.2) is 94.2 Å². The maximum atomic E-state index is 14.4. The molecule has 1 atom stereocenters. The van der Waals surface area contributed by atoms with E-state index in [1.54, 1.807) is 17.6 Å². The molecule has 6 rings (SSSR count). The van der Waals surface area contributed by atoms with Crippen molar-refractivity contribution < 1.29 is 23.8 Å². The van der Waals surface area contributed by atoms with Crippen molar-refractivity contribution in [2.45, 2.75) is 40.7 Å². The van der Waals surface area contributed by atoms with Crippen molar-refractivity contribution in [1.29, 1.82) is 0 Å². The highest BCUT2D eigenvalue weighted by Crippen LogP contribution is 2.36. The Balaban J connectivity index is 1.57. The minimum absolute atomic E-state index is 0.169. The van der Waals surface area contributed by atoms with Crippen molar-refractivity contribution in [2.75, 3.05) is 20.3 Å². The molecular weight excluding hydrogens is 639 g/mol. The number of thiazole rings is 1. The second-order valence-corrected chi connectivity index (χ2v) is 12.5. The molecule has 250 valence electrons. The molecule has 0 unspecified atom stereocenters. The second-order valence-electron chi connectivity index (χ2n) is 11.5. The molecule has 5 aromatic rings. The van der Waals surface area contributed by atoms with Gasteiger partial charge < -0.3 is 18.8 Å². The lowest BCUT2D eigenvalue weighted by Gasteiger charge is -2.26. The van der Waals surface area contributed by atoms with Gasteiger partial charge in [0.2, 0.25) is 0 Å². The monoisotopic (exact) mass is 675 g/mol. The van der Waals surface area contributed by atoms with Gasteiger partial charge in [-0.2, -0.15) is 0 Å². The second kappa shape index (κ2) is 13.9. The third kappa shape index (κ3) is 6.15. The summed E-state index contributed by atoms with van der Waals surface area (Å²) in [5.74, 6) is -0.250. The predicted molar refractivity (Wildman–Crippen MR) is 190 cm³/mol. The lowest BCUT2D eigenvalue weighted by molar-refractivity contribution is -0.138. The van der Waals surface area contributed by atoms with Crippen LogP contribution in [-0.4, -0.2) is 41.4 Å². The van der Waals surface area contributed by atoms with Gasteiger partial charge in [0.25, 0.3) is 5.56 Å². The Morgan fingerprint density at radius 2 is 1.65 bits per heavy atom. The summed E-state index contributed by atoms with van der Waals surface area (Å²) in [4.78, 5) is 46.1. The Labute approximate surface area is 288 Å². The van der Waals surface area contributed by atoms with Crippen LogP contribution >= 0.6 is 11.3 Å². The Morgan fingerprint density at radius 3 is 2.33 bits per heavy atom. The van der Waals surface area contributed by atoms with E-state index in [9.17, 15) is 14.4 Å². The minimum Gasteiger partial charge on any atom is -0.494 e. The van der Waals surface area contributed by atoms with Crippen LogP contribution in [0.1, 0.15) is 63.9 Å².